The first-order valence-corrected chi connectivity index (χ1v) is 6.11. The molecule has 0 aliphatic rings. The summed E-state index contributed by atoms with van der Waals surface area (Å²) in [4.78, 5) is 7.91. The molecule has 7 nitrogen and oxygen atoms in total. The molecule has 19 heavy (non-hydrogen) atoms. The number of anilines is 1. The smallest absolute Gasteiger partial charge is 0.266 e. The lowest BCUT2D eigenvalue weighted by molar-refractivity contribution is 0.169. The number of rotatable bonds is 4. The Bertz CT molecular complexity index is 567. The number of nitrogens with one attached hydrogen (secondary N) is 1. The van der Waals surface area contributed by atoms with Crippen molar-refractivity contribution >= 4 is 29.2 Å². The monoisotopic (exact) mass is 303 g/mol. The van der Waals surface area contributed by atoms with Crippen LogP contribution in [0.4, 0.5) is 5.95 Å². The summed E-state index contributed by atoms with van der Waals surface area (Å²) in [6.45, 7) is 1.82. The van der Waals surface area contributed by atoms with E-state index in [4.69, 9.17) is 28.4 Å². The Hall–Kier alpha value is -1.41. The maximum absolute atomic E-state index is 9.43. The van der Waals surface area contributed by atoms with Gasteiger partial charge in [0.25, 0.3) is 5.95 Å². The molecule has 0 amide bonds. The highest BCUT2D eigenvalue weighted by atomic mass is 35.5. The van der Waals surface area contributed by atoms with Gasteiger partial charge in [-0.05, 0) is 19.1 Å². The molecule has 0 saturated carbocycles. The lowest BCUT2D eigenvalue weighted by Gasteiger charge is -2.08. The Labute approximate surface area is 118 Å². The summed E-state index contributed by atoms with van der Waals surface area (Å²) in [5, 5.41) is 22.7. The van der Waals surface area contributed by atoms with Crippen molar-refractivity contribution in [2.24, 2.45) is 0 Å². The van der Waals surface area contributed by atoms with E-state index in [1.807, 2.05) is 5.48 Å². The standard InChI is InChI=1S/C10H11Cl2N5O2/c1-5(18)4-17-9(14-10(15-17)16-19)6-2-7(11)13-8(12)3-6/h2-3,5,18-19H,4H2,1H3,(H,15,16). The van der Waals surface area contributed by atoms with Gasteiger partial charge in [0.1, 0.15) is 10.3 Å². The predicted octanol–water partition coefficient (Wildman–Crippen LogP) is 1.83. The average Bonchev–Trinajstić information content (AvgIpc) is 2.70. The van der Waals surface area contributed by atoms with Crippen molar-refractivity contribution in [3.8, 4) is 11.4 Å². The fourth-order valence-electron chi connectivity index (χ4n) is 1.57. The first-order valence-electron chi connectivity index (χ1n) is 5.36. The molecular weight excluding hydrogens is 293 g/mol. The Kier molecular flexibility index (Phi) is 4.20. The lowest BCUT2D eigenvalue weighted by Crippen LogP contribution is -2.14. The summed E-state index contributed by atoms with van der Waals surface area (Å²) in [7, 11) is 0. The molecule has 0 saturated heterocycles. The third-order valence-electron chi connectivity index (χ3n) is 2.23. The summed E-state index contributed by atoms with van der Waals surface area (Å²) in [5.74, 6) is 0.420. The molecule has 102 valence electrons. The molecule has 3 N–H and O–H groups in total. The lowest BCUT2D eigenvalue weighted by atomic mass is 10.2. The molecule has 2 aromatic rings. The fraction of sp³-hybridized carbons (Fsp3) is 0.300. The van der Waals surface area contributed by atoms with E-state index in [1.165, 1.54) is 4.68 Å². The molecule has 0 bridgehead atoms. The molecule has 2 heterocycles. The van der Waals surface area contributed by atoms with E-state index in [1.54, 1.807) is 19.1 Å². The van der Waals surface area contributed by atoms with Gasteiger partial charge in [0.2, 0.25) is 0 Å². The van der Waals surface area contributed by atoms with Crippen LogP contribution in [0.2, 0.25) is 10.3 Å². The molecule has 1 unspecified atom stereocenters. The molecular formula is C10H11Cl2N5O2. The van der Waals surface area contributed by atoms with Gasteiger partial charge >= 0.3 is 0 Å². The van der Waals surface area contributed by atoms with E-state index in [-0.39, 0.29) is 22.8 Å². The van der Waals surface area contributed by atoms with Gasteiger partial charge in [0, 0.05) is 5.56 Å². The summed E-state index contributed by atoms with van der Waals surface area (Å²) >= 11 is 11.7. The molecule has 0 aliphatic heterocycles. The predicted molar refractivity (Wildman–Crippen MR) is 70.4 cm³/mol. The van der Waals surface area contributed by atoms with E-state index in [2.05, 4.69) is 15.1 Å². The van der Waals surface area contributed by atoms with Crippen molar-refractivity contribution in [3.63, 3.8) is 0 Å². The second-order valence-corrected chi connectivity index (χ2v) is 4.68. The molecule has 2 aromatic heterocycles. The number of hydrogen-bond acceptors (Lipinski definition) is 6. The van der Waals surface area contributed by atoms with Gasteiger partial charge in [-0.2, -0.15) is 4.98 Å². The second kappa shape index (κ2) is 5.70. The maximum Gasteiger partial charge on any atom is 0.266 e. The first kappa shape index (κ1) is 14.0. The largest absolute Gasteiger partial charge is 0.391 e. The Morgan fingerprint density at radius 2 is 1.95 bits per heavy atom. The van der Waals surface area contributed by atoms with Crippen molar-refractivity contribution in [2.75, 3.05) is 5.48 Å². The van der Waals surface area contributed by atoms with Crippen LogP contribution in [-0.4, -0.2) is 36.2 Å². The normalized spacial score (nSPS) is 12.5. The number of halogens is 2. The minimum absolute atomic E-state index is 0.0136. The van der Waals surface area contributed by atoms with Crippen molar-refractivity contribution < 1.29 is 10.3 Å². The molecule has 1 atom stereocenters. The van der Waals surface area contributed by atoms with Crippen LogP contribution in [0, 0.1) is 0 Å². The zero-order chi connectivity index (χ0) is 14.0. The number of aliphatic hydroxyl groups excluding tert-OH is 1. The molecule has 0 spiro atoms. The van der Waals surface area contributed by atoms with Gasteiger partial charge in [-0.25, -0.2) is 15.1 Å². The molecule has 0 aliphatic carbocycles. The third kappa shape index (κ3) is 3.32. The van der Waals surface area contributed by atoms with E-state index < -0.39 is 6.10 Å². The third-order valence-corrected chi connectivity index (χ3v) is 2.62. The number of aromatic nitrogens is 4. The molecule has 0 radical (unpaired) electrons. The Morgan fingerprint density at radius 1 is 1.32 bits per heavy atom. The van der Waals surface area contributed by atoms with Gasteiger partial charge in [0.15, 0.2) is 5.82 Å². The fourth-order valence-corrected chi connectivity index (χ4v) is 2.04. The number of pyridine rings is 1. The zero-order valence-electron chi connectivity index (χ0n) is 9.88. The van der Waals surface area contributed by atoms with Crippen LogP contribution >= 0.6 is 23.2 Å². The second-order valence-electron chi connectivity index (χ2n) is 3.90. The van der Waals surface area contributed by atoms with Gasteiger partial charge in [-0.15, -0.1) is 5.10 Å². The SMILES string of the molecule is CC(O)Cn1nc(NO)nc1-c1cc(Cl)nc(Cl)c1. The summed E-state index contributed by atoms with van der Waals surface area (Å²) in [5.41, 5.74) is 2.44. The Balaban J connectivity index is 2.49. The number of aliphatic hydroxyl groups is 1. The molecule has 0 fully saturated rings. The highest BCUT2D eigenvalue weighted by Crippen LogP contribution is 2.24. The number of nitrogens with zero attached hydrogens (tertiary/aromatic N) is 4. The zero-order valence-corrected chi connectivity index (χ0v) is 11.4. The van der Waals surface area contributed by atoms with Crippen LogP contribution in [0.25, 0.3) is 11.4 Å². The molecule has 2 rings (SSSR count). The van der Waals surface area contributed by atoms with Crippen LogP contribution in [0.15, 0.2) is 12.1 Å². The average molecular weight is 304 g/mol. The van der Waals surface area contributed by atoms with Crippen LogP contribution in [-0.2, 0) is 6.54 Å². The highest BCUT2D eigenvalue weighted by Gasteiger charge is 2.14. The highest BCUT2D eigenvalue weighted by molar-refractivity contribution is 6.32. The van der Waals surface area contributed by atoms with Crippen molar-refractivity contribution in [1.82, 2.24) is 19.7 Å². The van der Waals surface area contributed by atoms with E-state index in [0.717, 1.165) is 0 Å². The van der Waals surface area contributed by atoms with E-state index in [9.17, 15) is 5.11 Å². The van der Waals surface area contributed by atoms with Gasteiger partial charge in [0.05, 0.1) is 12.6 Å². The summed E-state index contributed by atoms with van der Waals surface area (Å²) in [6.07, 6.45) is -0.625. The van der Waals surface area contributed by atoms with Crippen LogP contribution in [0.3, 0.4) is 0 Å². The van der Waals surface area contributed by atoms with Gasteiger partial charge < -0.3 is 5.11 Å². The minimum Gasteiger partial charge on any atom is -0.391 e. The van der Waals surface area contributed by atoms with Crippen LogP contribution in [0.5, 0.6) is 0 Å². The van der Waals surface area contributed by atoms with Crippen LogP contribution in [0.1, 0.15) is 6.92 Å². The minimum atomic E-state index is -0.625. The van der Waals surface area contributed by atoms with E-state index in [0.29, 0.717) is 11.4 Å². The van der Waals surface area contributed by atoms with Crippen LogP contribution < -0.4 is 5.48 Å². The van der Waals surface area contributed by atoms with Gasteiger partial charge in [-0.3, -0.25) is 5.21 Å². The topological polar surface area (TPSA) is 96.1 Å². The summed E-state index contributed by atoms with van der Waals surface area (Å²) in [6, 6.07) is 3.13. The Morgan fingerprint density at radius 3 is 2.47 bits per heavy atom. The molecule has 0 aromatic carbocycles. The summed E-state index contributed by atoms with van der Waals surface area (Å²) < 4.78 is 1.44. The number of hydrogen-bond donors (Lipinski definition) is 3. The van der Waals surface area contributed by atoms with Crippen molar-refractivity contribution in [1.29, 1.82) is 0 Å². The van der Waals surface area contributed by atoms with Crippen molar-refractivity contribution in [2.45, 2.75) is 19.6 Å². The first-order chi connectivity index (χ1) is 8.99. The van der Waals surface area contributed by atoms with Crippen molar-refractivity contribution in [3.05, 3.63) is 22.4 Å². The maximum atomic E-state index is 9.43. The quantitative estimate of drug-likeness (QED) is 0.589. The van der Waals surface area contributed by atoms with Gasteiger partial charge in [-0.1, -0.05) is 23.2 Å². The van der Waals surface area contributed by atoms with E-state index >= 15 is 0 Å². The molecule has 9 heteroatoms.